The minimum Gasteiger partial charge on any atom is -0.395 e. The molecule has 0 fully saturated rings. The molecule has 1 N–H and O–H groups in total. The van der Waals surface area contributed by atoms with Crippen molar-refractivity contribution in [3.05, 3.63) is 34.9 Å². The molecule has 0 saturated heterocycles. The Morgan fingerprint density at radius 1 is 1.46 bits per heavy atom. The summed E-state index contributed by atoms with van der Waals surface area (Å²) in [5.41, 5.74) is 4.08. The smallest absolute Gasteiger partial charge is 0.0525 e. The maximum Gasteiger partial charge on any atom is 0.0525 e. The lowest BCUT2D eigenvalue weighted by Gasteiger charge is -2.22. The van der Waals surface area contributed by atoms with Crippen molar-refractivity contribution in [2.24, 2.45) is 0 Å². The molecule has 13 heavy (non-hydrogen) atoms. The minimum absolute atomic E-state index is 0.0152. The number of aliphatic hydroxyl groups is 1. The van der Waals surface area contributed by atoms with Crippen LogP contribution in [0.2, 0.25) is 0 Å². The van der Waals surface area contributed by atoms with Gasteiger partial charge in [-0.15, -0.1) is 0 Å². The second kappa shape index (κ2) is 2.85. The molecule has 1 atom stereocenters. The Labute approximate surface area is 79.4 Å². The zero-order valence-corrected chi connectivity index (χ0v) is 8.30. The van der Waals surface area contributed by atoms with Crippen LogP contribution in [0.1, 0.15) is 30.0 Å². The summed E-state index contributed by atoms with van der Waals surface area (Å²) in [5.74, 6) is 0. The summed E-state index contributed by atoms with van der Waals surface area (Å²) in [5, 5.41) is 9.36. The van der Waals surface area contributed by atoms with Crippen molar-refractivity contribution in [3.63, 3.8) is 0 Å². The second-order valence-corrected chi connectivity index (χ2v) is 4.38. The van der Waals surface area contributed by atoms with Gasteiger partial charge in [-0.2, -0.15) is 0 Å². The predicted octanol–water partition coefficient (Wildman–Crippen LogP) is 2.19. The van der Waals surface area contributed by atoms with Crippen molar-refractivity contribution in [2.45, 2.75) is 32.1 Å². The van der Waals surface area contributed by atoms with E-state index in [1.807, 2.05) is 0 Å². The first-order valence-electron chi connectivity index (χ1n) is 4.86. The molecule has 0 aromatic heterocycles. The second-order valence-electron chi connectivity index (χ2n) is 4.38. The van der Waals surface area contributed by atoms with E-state index in [1.54, 1.807) is 0 Å². The molecule has 1 nitrogen and oxygen atoms in total. The Morgan fingerprint density at radius 3 is 2.92 bits per heavy atom. The van der Waals surface area contributed by atoms with Crippen molar-refractivity contribution in [2.75, 3.05) is 6.61 Å². The quantitative estimate of drug-likeness (QED) is 0.695. The summed E-state index contributed by atoms with van der Waals surface area (Å²) in [7, 11) is 0. The SMILES string of the molecule is Cc1ccc2c(c1)C(C)(CO)CC2. The molecule has 0 saturated carbocycles. The van der Waals surface area contributed by atoms with Crippen LogP contribution < -0.4 is 0 Å². The van der Waals surface area contributed by atoms with Gasteiger partial charge >= 0.3 is 0 Å². The number of benzene rings is 1. The maximum atomic E-state index is 9.36. The van der Waals surface area contributed by atoms with Gasteiger partial charge in [-0.3, -0.25) is 0 Å². The van der Waals surface area contributed by atoms with Gasteiger partial charge in [0, 0.05) is 5.41 Å². The van der Waals surface area contributed by atoms with E-state index < -0.39 is 0 Å². The molecule has 0 radical (unpaired) electrons. The third-order valence-corrected chi connectivity index (χ3v) is 3.21. The first-order valence-corrected chi connectivity index (χ1v) is 4.86. The van der Waals surface area contributed by atoms with Gasteiger partial charge in [0.1, 0.15) is 0 Å². The molecule has 1 aromatic rings. The fourth-order valence-electron chi connectivity index (χ4n) is 2.18. The molecule has 0 spiro atoms. The van der Waals surface area contributed by atoms with E-state index in [1.165, 1.54) is 16.7 Å². The highest BCUT2D eigenvalue weighted by atomic mass is 16.3. The largest absolute Gasteiger partial charge is 0.395 e. The molecule has 1 unspecified atom stereocenters. The van der Waals surface area contributed by atoms with Crippen LogP contribution in [0.3, 0.4) is 0 Å². The highest BCUT2D eigenvalue weighted by Gasteiger charge is 2.33. The monoisotopic (exact) mass is 176 g/mol. The third kappa shape index (κ3) is 1.28. The number of rotatable bonds is 1. The standard InChI is InChI=1S/C12H16O/c1-9-3-4-10-5-6-12(2,8-13)11(10)7-9/h3-4,7,13H,5-6,8H2,1-2H3. The van der Waals surface area contributed by atoms with Crippen LogP contribution in [-0.2, 0) is 11.8 Å². The number of hydrogen-bond acceptors (Lipinski definition) is 1. The van der Waals surface area contributed by atoms with Crippen molar-refractivity contribution < 1.29 is 5.11 Å². The Morgan fingerprint density at radius 2 is 2.23 bits per heavy atom. The summed E-state index contributed by atoms with van der Waals surface area (Å²) in [6.07, 6.45) is 2.20. The molecule has 2 rings (SSSR count). The zero-order chi connectivity index (χ0) is 9.47. The van der Waals surface area contributed by atoms with Crippen molar-refractivity contribution in [1.29, 1.82) is 0 Å². The summed E-state index contributed by atoms with van der Waals surface area (Å²) >= 11 is 0. The van der Waals surface area contributed by atoms with E-state index in [0.29, 0.717) is 0 Å². The highest BCUT2D eigenvalue weighted by molar-refractivity contribution is 5.41. The lowest BCUT2D eigenvalue weighted by Crippen LogP contribution is -2.23. The minimum atomic E-state index is 0.0152. The van der Waals surface area contributed by atoms with Crippen molar-refractivity contribution >= 4 is 0 Å². The van der Waals surface area contributed by atoms with Gasteiger partial charge in [0.15, 0.2) is 0 Å². The van der Waals surface area contributed by atoms with E-state index in [9.17, 15) is 5.11 Å². The Hall–Kier alpha value is -0.820. The van der Waals surface area contributed by atoms with E-state index in [0.717, 1.165) is 12.8 Å². The fraction of sp³-hybridized carbons (Fsp3) is 0.500. The zero-order valence-electron chi connectivity index (χ0n) is 8.30. The summed E-state index contributed by atoms with van der Waals surface area (Å²) in [4.78, 5) is 0. The van der Waals surface area contributed by atoms with Gasteiger partial charge in [-0.05, 0) is 30.9 Å². The lowest BCUT2D eigenvalue weighted by atomic mass is 9.84. The average Bonchev–Trinajstić information content (AvgIpc) is 2.45. The maximum absolute atomic E-state index is 9.36. The van der Waals surface area contributed by atoms with E-state index in [2.05, 4.69) is 32.0 Å². The van der Waals surface area contributed by atoms with Gasteiger partial charge in [-0.25, -0.2) is 0 Å². The summed E-state index contributed by atoms with van der Waals surface area (Å²) in [6, 6.07) is 6.58. The van der Waals surface area contributed by atoms with Crippen molar-refractivity contribution in [3.8, 4) is 0 Å². The van der Waals surface area contributed by atoms with E-state index in [-0.39, 0.29) is 12.0 Å². The number of hydrogen-bond donors (Lipinski definition) is 1. The van der Waals surface area contributed by atoms with Crippen LogP contribution in [0.4, 0.5) is 0 Å². The van der Waals surface area contributed by atoms with Crippen LogP contribution in [0, 0.1) is 6.92 Å². The molecule has 0 amide bonds. The number of aliphatic hydroxyl groups excluding tert-OH is 1. The third-order valence-electron chi connectivity index (χ3n) is 3.21. The van der Waals surface area contributed by atoms with E-state index in [4.69, 9.17) is 0 Å². The van der Waals surface area contributed by atoms with Crippen LogP contribution >= 0.6 is 0 Å². The average molecular weight is 176 g/mol. The summed E-state index contributed by atoms with van der Waals surface area (Å²) < 4.78 is 0. The fourth-order valence-corrected chi connectivity index (χ4v) is 2.18. The molecule has 0 heterocycles. The Bertz CT molecular complexity index is 330. The van der Waals surface area contributed by atoms with E-state index >= 15 is 0 Å². The molecule has 1 aliphatic carbocycles. The van der Waals surface area contributed by atoms with Gasteiger partial charge < -0.3 is 5.11 Å². The molecular formula is C12H16O. The van der Waals surface area contributed by atoms with Gasteiger partial charge in [0.05, 0.1) is 6.61 Å². The first-order chi connectivity index (χ1) is 6.15. The van der Waals surface area contributed by atoms with Crippen LogP contribution in [0.25, 0.3) is 0 Å². The molecule has 0 bridgehead atoms. The Balaban J connectivity index is 2.52. The van der Waals surface area contributed by atoms with Crippen LogP contribution in [0.15, 0.2) is 18.2 Å². The predicted molar refractivity (Wildman–Crippen MR) is 53.9 cm³/mol. The topological polar surface area (TPSA) is 20.2 Å². The molecule has 70 valence electrons. The molecular weight excluding hydrogens is 160 g/mol. The molecule has 0 aliphatic heterocycles. The summed E-state index contributed by atoms with van der Waals surface area (Å²) in [6.45, 7) is 4.53. The first kappa shape index (κ1) is 8.76. The molecule has 1 heteroatoms. The van der Waals surface area contributed by atoms with Crippen molar-refractivity contribution in [1.82, 2.24) is 0 Å². The number of fused-ring (bicyclic) bond motifs is 1. The van der Waals surface area contributed by atoms with Crippen LogP contribution in [-0.4, -0.2) is 11.7 Å². The van der Waals surface area contributed by atoms with Gasteiger partial charge in [0.25, 0.3) is 0 Å². The van der Waals surface area contributed by atoms with Crippen LogP contribution in [0.5, 0.6) is 0 Å². The highest BCUT2D eigenvalue weighted by Crippen LogP contribution is 2.38. The number of aryl methyl sites for hydroxylation is 2. The van der Waals surface area contributed by atoms with Gasteiger partial charge in [0.2, 0.25) is 0 Å². The molecule has 1 aromatic carbocycles. The normalized spacial score (nSPS) is 26.1. The lowest BCUT2D eigenvalue weighted by molar-refractivity contribution is 0.205. The Kier molecular flexibility index (Phi) is 1.92. The molecule has 1 aliphatic rings. The van der Waals surface area contributed by atoms with Gasteiger partial charge in [-0.1, -0.05) is 30.7 Å².